The molecule has 0 aliphatic heterocycles. The summed E-state index contributed by atoms with van der Waals surface area (Å²) in [5.74, 6) is -2.31. The summed E-state index contributed by atoms with van der Waals surface area (Å²) in [6.45, 7) is 0.0977. The zero-order valence-corrected chi connectivity index (χ0v) is 12.0. The molecule has 0 spiro atoms. The van der Waals surface area contributed by atoms with Crippen molar-refractivity contribution in [1.29, 1.82) is 0 Å². The number of carbonyl (C=O) groups is 1. The van der Waals surface area contributed by atoms with E-state index in [4.69, 9.17) is 5.11 Å². The van der Waals surface area contributed by atoms with Crippen molar-refractivity contribution in [2.24, 2.45) is 0 Å². The minimum Gasteiger partial charge on any atom is -0.480 e. The van der Waals surface area contributed by atoms with Gasteiger partial charge in [-0.05, 0) is 17.7 Å². The van der Waals surface area contributed by atoms with E-state index in [2.05, 4.69) is 0 Å². The van der Waals surface area contributed by atoms with Gasteiger partial charge in [0.1, 0.15) is 0 Å². The van der Waals surface area contributed by atoms with Gasteiger partial charge in [0.25, 0.3) is 0 Å². The number of benzene rings is 2. The Morgan fingerprint density at radius 1 is 0.952 bits per heavy atom. The second kappa shape index (κ2) is 6.41. The Morgan fingerprint density at radius 2 is 1.48 bits per heavy atom. The van der Waals surface area contributed by atoms with Gasteiger partial charge in [-0.3, -0.25) is 9.10 Å². The molecule has 0 saturated carbocycles. The van der Waals surface area contributed by atoms with E-state index in [9.17, 15) is 13.2 Å². The van der Waals surface area contributed by atoms with Crippen molar-refractivity contribution in [3.8, 4) is 0 Å². The molecule has 1 N–H and O–H groups in total. The highest BCUT2D eigenvalue weighted by Gasteiger charge is 2.25. The van der Waals surface area contributed by atoms with E-state index in [1.807, 2.05) is 18.2 Å². The Balaban J connectivity index is 2.38. The van der Waals surface area contributed by atoms with Gasteiger partial charge >= 0.3 is 5.97 Å². The number of anilines is 1. The first kappa shape index (κ1) is 15.1. The number of para-hydroxylation sites is 1. The first-order valence-electron chi connectivity index (χ1n) is 6.30. The molecular weight excluding hydrogens is 290 g/mol. The molecule has 2 aromatic carbocycles. The molecule has 2 aromatic rings. The quantitative estimate of drug-likeness (QED) is 0.887. The van der Waals surface area contributed by atoms with Crippen molar-refractivity contribution in [3.63, 3.8) is 0 Å². The van der Waals surface area contributed by atoms with Crippen LogP contribution in [0.1, 0.15) is 5.56 Å². The number of hydrogen-bond donors (Lipinski definition) is 1. The van der Waals surface area contributed by atoms with Crippen LogP contribution in [-0.4, -0.2) is 25.2 Å². The van der Waals surface area contributed by atoms with Crippen LogP contribution >= 0.6 is 0 Å². The minimum absolute atomic E-state index is 0.0977. The number of carboxylic acid groups (broad SMARTS) is 1. The molecule has 0 unspecified atom stereocenters. The van der Waals surface area contributed by atoms with E-state index in [1.165, 1.54) is 0 Å². The molecule has 0 aromatic heterocycles. The lowest BCUT2D eigenvalue weighted by Gasteiger charge is -2.23. The van der Waals surface area contributed by atoms with Gasteiger partial charge in [-0.2, -0.15) is 0 Å². The van der Waals surface area contributed by atoms with Crippen LogP contribution in [0.2, 0.25) is 0 Å². The zero-order chi connectivity index (χ0) is 15.3. The summed E-state index contributed by atoms with van der Waals surface area (Å²) >= 11 is 0. The Morgan fingerprint density at radius 3 is 2.00 bits per heavy atom. The molecule has 0 amide bonds. The Bertz CT molecular complexity index is 699. The fraction of sp³-hybridized carbons (Fsp3) is 0.133. The van der Waals surface area contributed by atoms with Crippen molar-refractivity contribution in [2.75, 3.05) is 10.1 Å². The van der Waals surface area contributed by atoms with Crippen LogP contribution in [0.25, 0.3) is 0 Å². The fourth-order valence-corrected chi connectivity index (χ4v) is 3.18. The van der Waals surface area contributed by atoms with E-state index in [1.54, 1.807) is 42.5 Å². The van der Waals surface area contributed by atoms with Crippen molar-refractivity contribution >= 4 is 21.7 Å². The molecule has 2 rings (SSSR count). The Labute approximate surface area is 123 Å². The molecule has 21 heavy (non-hydrogen) atoms. The van der Waals surface area contributed by atoms with Crippen LogP contribution in [0.15, 0.2) is 60.7 Å². The predicted octanol–water partition coefficient (Wildman–Crippen LogP) is 2.11. The van der Waals surface area contributed by atoms with Crippen LogP contribution in [0, 0.1) is 0 Å². The molecule has 5 nitrogen and oxygen atoms in total. The largest absolute Gasteiger partial charge is 0.480 e. The number of rotatable bonds is 6. The van der Waals surface area contributed by atoms with Crippen molar-refractivity contribution in [3.05, 3.63) is 66.2 Å². The summed E-state index contributed by atoms with van der Waals surface area (Å²) in [5, 5.41) is 8.81. The second-order valence-electron chi connectivity index (χ2n) is 4.48. The molecule has 0 bridgehead atoms. The van der Waals surface area contributed by atoms with Gasteiger partial charge < -0.3 is 5.11 Å². The van der Waals surface area contributed by atoms with Crippen molar-refractivity contribution < 1.29 is 18.3 Å². The number of nitrogens with zero attached hydrogens (tertiary/aromatic N) is 1. The van der Waals surface area contributed by atoms with Gasteiger partial charge in [0, 0.05) is 0 Å². The third-order valence-electron chi connectivity index (χ3n) is 2.85. The highest BCUT2D eigenvalue weighted by Crippen LogP contribution is 2.21. The van der Waals surface area contributed by atoms with Gasteiger partial charge in [-0.1, -0.05) is 48.5 Å². The summed E-state index contributed by atoms with van der Waals surface area (Å²) < 4.78 is 25.7. The minimum atomic E-state index is -3.94. The lowest BCUT2D eigenvalue weighted by molar-refractivity contribution is -0.134. The van der Waals surface area contributed by atoms with Crippen LogP contribution in [0.4, 0.5) is 5.69 Å². The average Bonchev–Trinajstić information content (AvgIpc) is 2.45. The van der Waals surface area contributed by atoms with Crippen LogP contribution in [0.5, 0.6) is 0 Å². The number of hydrogen-bond acceptors (Lipinski definition) is 3. The van der Waals surface area contributed by atoms with Gasteiger partial charge in [0.05, 0.1) is 12.2 Å². The van der Waals surface area contributed by atoms with E-state index in [-0.39, 0.29) is 6.54 Å². The lowest BCUT2D eigenvalue weighted by atomic mass is 10.2. The topological polar surface area (TPSA) is 74.7 Å². The molecule has 0 atom stereocenters. The van der Waals surface area contributed by atoms with Crippen LogP contribution in [0.3, 0.4) is 0 Å². The average molecular weight is 305 g/mol. The molecular formula is C15H15NO4S. The molecule has 0 heterocycles. The normalized spacial score (nSPS) is 11.0. The van der Waals surface area contributed by atoms with Gasteiger partial charge in [0.15, 0.2) is 5.75 Å². The van der Waals surface area contributed by atoms with Gasteiger partial charge in [-0.25, -0.2) is 8.42 Å². The molecule has 0 fully saturated rings. The molecule has 0 aliphatic carbocycles. The zero-order valence-electron chi connectivity index (χ0n) is 11.2. The monoisotopic (exact) mass is 305 g/mol. The first-order valence-corrected chi connectivity index (χ1v) is 7.91. The molecule has 0 aliphatic rings. The summed E-state index contributed by atoms with van der Waals surface area (Å²) in [7, 11) is -3.94. The predicted molar refractivity (Wildman–Crippen MR) is 80.5 cm³/mol. The standard InChI is InChI=1S/C15H15NO4S/c17-15(18)12-21(19,20)16(14-9-5-2-6-10-14)11-13-7-3-1-4-8-13/h1-10H,11-12H2,(H,17,18). The summed E-state index contributed by atoms with van der Waals surface area (Å²) in [6, 6.07) is 17.5. The molecule has 110 valence electrons. The highest BCUT2D eigenvalue weighted by atomic mass is 32.2. The maximum atomic E-state index is 12.3. The summed E-state index contributed by atoms with van der Waals surface area (Å²) in [5.41, 5.74) is 1.23. The van der Waals surface area contributed by atoms with Crippen molar-refractivity contribution in [2.45, 2.75) is 6.54 Å². The van der Waals surface area contributed by atoms with Crippen molar-refractivity contribution in [1.82, 2.24) is 0 Å². The summed E-state index contributed by atoms with van der Waals surface area (Å²) in [6.07, 6.45) is 0. The van der Waals surface area contributed by atoms with Gasteiger partial charge in [0.2, 0.25) is 10.0 Å². The number of sulfonamides is 1. The molecule has 0 radical (unpaired) electrons. The smallest absolute Gasteiger partial charge is 0.320 e. The van der Waals surface area contributed by atoms with Crippen LogP contribution in [-0.2, 0) is 21.4 Å². The Kier molecular flexibility index (Phi) is 4.59. The van der Waals surface area contributed by atoms with Crippen LogP contribution < -0.4 is 4.31 Å². The Hall–Kier alpha value is -2.34. The first-order chi connectivity index (χ1) is 9.99. The molecule has 0 saturated heterocycles. The summed E-state index contributed by atoms with van der Waals surface area (Å²) in [4.78, 5) is 10.8. The third-order valence-corrected chi connectivity index (χ3v) is 4.48. The van der Waals surface area contributed by atoms with E-state index >= 15 is 0 Å². The lowest BCUT2D eigenvalue weighted by Crippen LogP contribution is -2.35. The maximum absolute atomic E-state index is 12.3. The second-order valence-corrected chi connectivity index (χ2v) is 6.37. The maximum Gasteiger partial charge on any atom is 0.320 e. The fourth-order valence-electron chi connectivity index (χ4n) is 1.93. The van der Waals surface area contributed by atoms with E-state index in [0.29, 0.717) is 5.69 Å². The van der Waals surface area contributed by atoms with E-state index in [0.717, 1.165) is 9.87 Å². The highest BCUT2D eigenvalue weighted by molar-refractivity contribution is 7.93. The SMILES string of the molecule is O=C(O)CS(=O)(=O)N(Cc1ccccc1)c1ccccc1. The third kappa shape index (κ3) is 4.06. The molecule has 6 heteroatoms. The number of carboxylic acids is 1. The van der Waals surface area contributed by atoms with Gasteiger partial charge in [-0.15, -0.1) is 0 Å². The van der Waals surface area contributed by atoms with E-state index < -0.39 is 21.7 Å². The number of aliphatic carboxylic acids is 1.